The molecule has 0 aliphatic rings. The van der Waals surface area contributed by atoms with E-state index in [0.717, 1.165) is 38.0 Å². The van der Waals surface area contributed by atoms with Crippen LogP contribution in [0.3, 0.4) is 0 Å². The van der Waals surface area contributed by atoms with E-state index >= 15 is 0 Å². The Kier molecular flexibility index (Phi) is 30.3. The fourth-order valence-corrected chi connectivity index (χ4v) is 5.62. The zero-order chi connectivity index (χ0) is 27.9. The van der Waals surface area contributed by atoms with Crippen molar-refractivity contribution in [3.63, 3.8) is 0 Å². The highest BCUT2D eigenvalue weighted by atomic mass is 16.1. The average Bonchev–Trinajstić information content (AvgIpc) is 2.90. The summed E-state index contributed by atoms with van der Waals surface area (Å²) in [7, 11) is 0. The lowest BCUT2D eigenvalue weighted by atomic mass is 9.94. The first-order chi connectivity index (χ1) is 18.6. The molecule has 0 aliphatic carbocycles. The number of ketones is 1. The van der Waals surface area contributed by atoms with Gasteiger partial charge in [-0.25, -0.2) is 0 Å². The van der Waals surface area contributed by atoms with Crippen molar-refractivity contribution in [2.75, 3.05) is 0 Å². The molecular formula is C36H69O2. The van der Waals surface area contributed by atoms with Crippen LogP contribution in [0.15, 0.2) is 0 Å². The Labute approximate surface area is 240 Å². The third-order valence-corrected chi connectivity index (χ3v) is 8.33. The zero-order valence-corrected chi connectivity index (χ0v) is 26.5. The molecule has 1 unspecified atom stereocenters. The van der Waals surface area contributed by atoms with Crippen molar-refractivity contribution in [3.8, 4) is 0 Å². The summed E-state index contributed by atoms with van der Waals surface area (Å²) in [5, 5.41) is 0. The molecule has 225 valence electrons. The van der Waals surface area contributed by atoms with Crippen LogP contribution >= 0.6 is 0 Å². The fourth-order valence-electron chi connectivity index (χ4n) is 5.62. The highest BCUT2D eigenvalue weighted by molar-refractivity contribution is 5.93. The maximum atomic E-state index is 12.4. The Morgan fingerprint density at radius 2 is 0.789 bits per heavy atom. The van der Waals surface area contributed by atoms with Gasteiger partial charge in [0.1, 0.15) is 5.78 Å². The van der Waals surface area contributed by atoms with Crippen LogP contribution in [0.1, 0.15) is 207 Å². The molecule has 2 heteroatoms. The van der Waals surface area contributed by atoms with Crippen LogP contribution in [0.2, 0.25) is 0 Å². The Morgan fingerprint density at radius 1 is 0.474 bits per heavy atom. The van der Waals surface area contributed by atoms with Gasteiger partial charge in [-0.2, -0.15) is 0 Å². The molecule has 0 amide bonds. The van der Waals surface area contributed by atoms with E-state index in [1.165, 1.54) is 148 Å². The maximum Gasteiger partial charge on any atom is 0.209 e. The Hall–Kier alpha value is -0.660. The lowest BCUT2D eigenvalue weighted by molar-refractivity contribution is -0.121. The quantitative estimate of drug-likeness (QED) is 0.0636. The van der Waals surface area contributed by atoms with Gasteiger partial charge in [0.15, 0.2) is 0 Å². The van der Waals surface area contributed by atoms with Gasteiger partial charge in [0.2, 0.25) is 6.29 Å². The fraction of sp³-hybridized carbons (Fsp3) is 0.944. The predicted octanol–water partition coefficient (Wildman–Crippen LogP) is 12.3. The molecule has 0 bridgehead atoms. The molecule has 1 radical (unpaired) electrons. The lowest BCUT2D eigenvalue weighted by Gasteiger charge is -2.09. The number of carbonyl (C=O) groups excluding carboxylic acids is 2. The van der Waals surface area contributed by atoms with Gasteiger partial charge >= 0.3 is 0 Å². The second-order valence-electron chi connectivity index (χ2n) is 12.7. The van der Waals surface area contributed by atoms with Crippen molar-refractivity contribution in [1.82, 2.24) is 0 Å². The second-order valence-corrected chi connectivity index (χ2v) is 12.7. The van der Waals surface area contributed by atoms with Crippen molar-refractivity contribution in [3.05, 3.63) is 0 Å². The monoisotopic (exact) mass is 534 g/mol. The highest BCUT2D eigenvalue weighted by Crippen LogP contribution is 2.18. The molecule has 0 saturated heterocycles. The van der Waals surface area contributed by atoms with Gasteiger partial charge in [-0.1, -0.05) is 188 Å². The van der Waals surface area contributed by atoms with E-state index in [2.05, 4.69) is 27.1 Å². The Bertz CT molecular complexity index is 484. The van der Waals surface area contributed by atoms with Crippen LogP contribution in [0.5, 0.6) is 0 Å². The smallest absolute Gasteiger partial charge is 0.209 e. The Morgan fingerprint density at radius 3 is 1.13 bits per heavy atom. The van der Waals surface area contributed by atoms with Crippen molar-refractivity contribution in [1.29, 1.82) is 0 Å². The summed E-state index contributed by atoms with van der Waals surface area (Å²) in [5.41, 5.74) is 0. The van der Waals surface area contributed by atoms with Gasteiger partial charge in [-0.3, -0.25) is 9.59 Å². The average molecular weight is 534 g/mol. The molecule has 0 N–H and O–H groups in total. The SMILES string of the molecule is CCCCCCCCCCCCCCCCCC(=O)C([C]=O)CCCCCCCCCCCCCC(C)C. The molecule has 0 saturated carbocycles. The van der Waals surface area contributed by atoms with Crippen LogP contribution < -0.4 is 0 Å². The van der Waals surface area contributed by atoms with E-state index in [-0.39, 0.29) is 5.78 Å². The molecule has 1 atom stereocenters. The number of unbranched alkanes of at least 4 members (excludes halogenated alkanes) is 24. The first-order valence-corrected chi connectivity index (χ1v) is 17.5. The molecule has 0 aliphatic heterocycles. The summed E-state index contributed by atoms with van der Waals surface area (Å²) in [4.78, 5) is 23.7. The van der Waals surface area contributed by atoms with Crippen LogP contribution in [-0.2, 0) is 9.59 Å². The minimum absolute atomic E-state index is 0.142. The summed E-state index contributed by atoms with van der Waals surface area (Å²) < 4.78 is 0. The number of hydrogen-bond acceptors (Lipinski definition) is 2. The van der Waals surface area contributed by atoms with E-state index in [1.54, 1.807) is 0 Å². The number of hydrogen-bond donors (Lipinski definition) is 0. The van der Waals surface area contributed by atoms with Gasteiger partial charge in [0, 0.05) is 6.42 Å². The van der Waals surface area contributed by atoms with Gasteiger partial charge in [-0.05, 0) is 18.8 Å². The molecule has 2 nitrogen and oxygen atoms in total. The minimum atomic E-state index is -0.461. The van der Waals surface area contributed by atoms with Gasteiger partial charge in [0.05, 0.1) is 5.92 Å². The lowest BCUT2D eigenvalue weighted by Crippen LogP contribution is -2.15. The van der Waals surface area contributed by atoms with Crippen LogP contribution in [0.25, 0.3) is 0 Å². The number of carbonyl (C=O) groups is 1. The van der Waals surface area contributed by atoms with E-state index in [0.29, 0.717) is 6.42 Å². The first-order valence-electron chi connectivity index (χ1n) is 17.5. The predicted molar refractivity (Wildman–Crippen MR) is 169 cm³/mol. The van der Waals surface area contributed by atoms with Crippen molar-refractivity contribution >= 4 is 12.1 Å². The molecule has 0 fully saturated rings. The van der Waals surface area contributed by atoms with E-state index in [9.17, 15) is 9.59 Å². The third-order valence-electron chi connectivity index (χ3n) is 8.33. The molecule has 0 spiro atoms. The van der Waals surface area contributed by atoms with E-state index in [4.69, 9.17) is 0 Å². The molecule has 0 rings (SSSR count). The normalized spacial score (nSPS) is 12.3. The zero-order valence-electron chi connectivity index (χ0n) is 26.5. The molecule has 0 aromatic rings. The van der Waals surface area contributed by atoms with E-state index in [1.807, 2.05) is 0 Å². The first kappa shape index (κ1) is 37.3. The molecule has 0 aromatic carbocycles. The van der Waals surface area contributed by atoms with Gasteiger partial charge < -0.3 is 0 Å². The summed E-state index contributed by atoms with van der Waals surface area (Å²) in [6, 6.07) is 0. The van der Waals surface area contributed by atoms with Gasteiger partial charge in [0.25, 0.3) is 0 Å². The maximum absolute atomic E-state index is 12.4. The summed E-state index contributed by atoms with van der Waals surface area (Å²) in [6.07, 6.45) is 39.1. The third kappa shape index (κ3) is 28.4. The summed E-state index contributed by atoms with van der Waals surface area (Å²) in [5.74, 6) is 0.534. The van der Waals surface area contributed by atoms with Crippen LogP contribution in [-0.4, -0.2) is 12.1 Å². The minimum Gasteiger partial charge on any atom is -0.299 e. The highest BCUT2D eigenvalue weighted by Gasteiger charge is 2.17. The number of rotatable bonds is 32. The summed E-state index contributed by atoms with van der Waals surface area (Å²) >= 11 is 0. The standard InChI is InChI=1S/C36H69O2/c1-4-5-6-7-8-9-10-11-12-13-17-20-23-26-29-32-36(38)35(33-37)31-28-25-22-19-16-14-15-18-21-24-27-30-34(2)3/h34-35H,4-32H2,1-3H3. The van der Waals surface area contributed by atoms with E-state index < -0.39 is 5.92 Å². The van der Waals surface area contributed by atoms with Crippen molar-refractivity contribution in [2.45, 2.75) is 207 Å². The number of Topliss-reactive ketones (excluding diaryl/α,β-unsaturated/α-hetero) is 1. The largest absolute Gasteiger partial charge is 0.299 e. The van der Waals surface area contributed by atoms with Crippen LogP contribution in [0, 0.1) is 11.8 Å². The van der Waals surface area contributed by atoms with Gasteiger partial charge in [-0.15, -0.1) is 0 Å². The van der Waals surface area contributed by atoms with Crippen LogP contribution in [0.4, 0.5) is 0 Å². The molecule has 38 heavy (non-hydrogen) atoms. The molecule has 0 aromatic heterocycles. The topological polar surface area (TPSA) is 34.1 Å². The molecule has 0 heterocycles. The summed E-state index contributed by atoms with van der Waals surface area (Å²) in [6.45, 7) is 6.91. The molecular weight excluding hydrogens is 464 g/mol. The van der Waals surface area contributed by atoms with Crippen molar-refractivity contribution < 1.29 is 9.59 Å². The van der Waals surface area contributed by atoms with Crippen molar-refractivity contribution in [2.24, 2.45) is 11.8 Å². The Balaban J connectivity index is 3.42. The second kappa shape index (κ2) is 30.9.